The number of anilines is 4. The van der Waals surface area contributed by atoms with E-state index in [0.29, 0.717) is 46.8 Å². The summed E-state index contributed by atoms with van der Waals surface area (Å²) >= 11 is 0. The van der Waals surface area contributed by atoms with Gasteiger partial charge < -0.3 is 20.2 Å². The molecule has 242 valence electrons. The minimum Gasteiger partial charge on any atom is -0.395 e. The summed E-state index contributed by atoms with van der Waals surface area (Å²) in [7, 11) is -3.77. The van der Waals surface area contributed by atoms with Gasteiger partial charge in [-0.05, 0) is 61.4 Å². The highest BCUT2D eigenvalue weighted by atomic mass is 32.2. The molecule has 2 saturated heterocycles. The van der Waals surface area contributed by atoms with Gasteiger partial charge in [-0.2, -0.15) is 13.2 Å². The number of carbonyl (C=O) groups excluding carboxylic acids is 1. The van der Waals surface area contributed by atoms with Crippen LogP contribution in [-0.4, -0.2) is 98.6 Å². The summed E-state index contributed by atoms with van der Waals surface area (Å²) in [6, 6.07) is 10.0. The molecule has 1 amide bonds. The minimum atomic E-state index is -4.27. The first-order valence-electron chi connectivity index (χ1n) is 15.0. The topological polar surface area (TPSA) is 131 Å². The van der Waals surface area contributed by atoms with Crippen molar-refractivity contribution in [1.82, 2.24) is 14.9 Å². The van der Waals surface area contributed by atoms with Gasteiger partial charge in [0.25, 0.3) is 5.91 Å². The number of piperidine rings is 1. The average Bonchev–Trinajstić information content (AvgIpc) is 3.75. The summed E-state index contributed by atoms with van der Waals surface area (Å²) in [6.45, 7) is 1.04. The third-order valence-electron chi connectivity index (χ3n) is 8.88. The van der Waals surface area contributed by atoms with Gasteiger partial charge in [0.2, 0.25) is 10.0 Å². The monoisotopic (exact) mass is 647 g/mol. The van der Waals surface area contributed by atoms with Gasteiger partial charge in [-0.15, -0.1) is 0 Å². The van der Waals surface area contributed by atoms with Crippen LogP contribution in [0.1, 0.15) is 36.0 Å². The SMILES string of the molecule is O=C(Nc1cc2cccnc2c(N2CCN(CC(F)(F)F)CC2)n1)c1ccc(NS(=O)(=O)CCO)cc1N1CCC2(CC1)CC2. The lowest BCUT2D eigenvalue weighted by Gasteiger charge is -2.36. The summed E-state index contributed by atoms with van der Waals surface area (Å²) in [5.41, 5.74) is 2.21. The van der Waals surface area contributed by atoms with Crippen molar-refractivity contribution in [2.75, 3.05) is 78.0 Å². The van der Waals surface area contributed by atoms with E-state index in [4.69, 9.17) is 10.1 Å². The lowest BCUT2D eigenvalue weighted by Crippen LogP contribution is -2.49. The molecule has 3 fully saturated rings. The lowest BCUT2D eigenvalue weighted by molar-refractivity contribution is -0.146. The fourth-order valence-electron chi connectivity index (χ4n) is 6.21. The molecule has 2 aliphatic heterocycles. The number of nitrogens with one attached hydrogen (secondary N) is 2. The normalized spacial score (nSPS) is 18.8. The number of benzene rings is 1. The second-order valence-corrected chi connectivity index (χ2v) is 13.9. The Morgan fingerprint density at radius 2 is 1.71 bits per heavy atom. The first-order valence-corrected chi connectivity index (χ1v) is 16.7. The largest absolute Gasteiger partial charge is 0.401 e. The Morgan fingerprint density at radius 1 is 0.978 bits per heavy atom. The van der Waals surface area contributed by atoms with Gasteiger partial charge in [-0.3, -0.25) is 19.4 Å². The maximum atomic E-state index is 13.8. The van der Waals surface area contributed by atoms with Crippen LogP contribution in [0.3, 0.4) is 0 Å². The summed E-state index contributed by atoms with van der Waals surface area (Å²) in [6.07, 6.45) is 1.75. The van der Waals surface area contributed by atoms with E-state index >= 15 is 0 Å². The van der Waals surface area contributed by atoms with Crippen LogP contribution in [0.2, 0.25) is 0 Å². The second-order valence-electron chi connectivity index (χ2n) is 12.1. The number of piperazine rings is 1. The molecule has 45 heavy (non-hydrogen) atoms. The molecule has 1 aromatic carbocycles. The molecule has 0 unspecified atom stereocenters. The van der Waals surface area contributed by atoms with Crippen molar-refractivity contribution >= 4 is 49.8 Å². The van der Waals surface area contributed by atoms with Gasteiger partial charge in [0, 0.05) is 50.9 Å². The Labute approximate surface area is 259 Å². The summed E-state index contributed by atoms with van der Waals surface area (Å²) in [5, 5.41) is 12.8. The lowest BCUT2D eigenvalue weighted by atomic mass is 9.93. The summed E-state index contributed by atoms with van der Waals surface area (Å²) in [5.74, 6) is -0.130. The van der Waals surface area contributed by atoms with E-state index in [1.54, 1.807) is 30.5 Å². The Bertz CT molecular complexity index is 1670. The predicted octanol–water partition coefficient (Wildman–Crippen LogP) is 3.68. The van der Waals surface area contributed by atoms with Crippen molar-refractivity contribution in [1.29, 1.82) is 0 Å². The van der Waals surface area contributed by atoms with E-state index in [2.05, 4.69) is 19.9 Å². The van der Waals surface area contributed by atoms with Crippen LogP contribution in [0.25, 0.3) is 10.9 Å². The number of nitrogens with zero attached hydrogens (tertiary/aromatic N) is 5. The molecule has 3 aromatic rings. The molecule has 1 aliphatic carbocycles. The molecule has 0 radical (unpaired) electrons. The van der Waals surface area contributed by atoms with E-state index in [9.17, 15) is 26.4 Å². The number of aliphatic hydroxyl groups excluding tert-OH is 1. The maximum absolute atomic E-state index is 13.8. The number of halogens is 3. The molecule has 3 N–H and O–H groups in total. The number of alkyl halides is 3. The highest BCUT2D eigenvalue weighted by Crippen LogP contribution is 2.54. The zero-order valence-corrected chi connectivity index (χ0v) is 25.5. The molecular formula is C30H36F3N7O4S. The van der Waals surface area contributed by atoms with Crippen molar-refractivity contribution in [3.63, 3.8) is 0 Å². The zero-order chi connectivity index (χ0) is 31.8. The highest BCUT2D eigenvalue weighted by Gasteiger charge is 2.44. The van der Waals surface area contributed by atoms with Crippen molar-refractivity contribution in [3.05, 3.63) is 48.2 Å². The minimum absolute atomic E-state index is 0.209. The Balaban J connectivity index is 1.27. The van der Waals surface area contributed by atoms with Crippen molar-refractivity contribution in [2.24, 2.45) is 5.41 Å². The first kappa shape index (κ1) is 31.3. The molecule has 11 nitrogen and oxygen atoms in total. The Kier molecular flexibility index (Phi) is 8.52. The number of hydrogen-bond donors (Lipinski definition) is 3. The van der Waals surface area contributed by atoms with E-state index in [1.807, 2.05) is 11.0 Å². The van der Waals surface area contributed by atoms with Gasteiger partial charge in [-0.1, -0.05) is 6.07 Å². The van der Waals surface area contributed by atoms with Crippen LogP contribution in [0.15, 0.2) is 42.6 Å². The number of hydrogen-bond acceptors (Lipinski definition) is 9. The van der Waals surface area contributed by atoms with E-state index < -0.39 is 41.0 Å². The number of carbonyl (C=O) groups is 1. The smallest absolute Gasteiger partial charge is 0.395 e. The van der Waals surface area contributed by atoms with Crippen molar-refractivity contribution < 1.29 is 31.5 Å². The van der Waals surface area contributed by atoms with Crippen LogP contribution >= 0.6 is 0 Å². The van der Waals surface area contributed by atoms with Crippen molar-refractivity contribution in [3.8, 4) is 0 Å². The van der Waals surface area contributed by atoms with Gasteiger partial charge >= 0.3 is 6.18 Å². The third kappa shape index (κ3) is 7.42. The molecule has 6 rings (SSSR count). The molecule has 1 spiro atoms. The molecule has 0 bridgehead atoms. The summed E-state index contributed by atoms with van der Waals surface area (Å²) in [4.78, 5) is 28.3. The molecule has 2 aromatic heterocycles. The number of pyridine rings is 2. The number of aliphatic hydroxyl groups is 1. The van der Waals surface area contributed by atoms with E-state index in [0.717, 1.165) is 31.3 Å². The van der Waals surface area contributed by atoms with Gasteiger partial charge in [0.05, 0.1) is 35.8 Å². The fraction of sp³-hybridized carbons (Fsp3) is 0.500. The molecule has 4 heterocycles. The maximum Gasteiger partial charge on any atom is 0.401 e. The second kappa shape index (κ2) is 12.2. The molecule has 15 heteroatoms. The van der Waals surface area contributed by atoms with Crippen LogP contribution in [0.5, 0.6) is 0 Å². The van der Waals surface area contributed by atoms with E-state index in [1.165, 1.54) is 23.8 Å². The number of fused-ring (bicyclic) bond motifs is 1. The van der Waals surface area contributed by atoms with Crippen LogP contribution in [-0.2, 0) is 10.0 Å². The Hall–Kier alpha value is -3.69. The number of sulfonamides is 1. The molecule has 0 atom stereocenters. The standard InChI is InChI=1S/C30H36F3N7O4S/c31-30(32,33)20-38-12-14-40(15-13-38)27-26-21(2-1-9-34-26)18-25(35-27)36-28(42)23-4-3-22(37-45(43,44)17-16-41)19-24(23)39-10-7-29(5-6-29)8-11-39/h1-4,9,18-19,37,41H,5-8,10-17,20H2,(H,35,36,42). The van der Waals surface area contributed by atoms with Gasteiger partial charge in [0.15, 0.2) is 5.82 Å². The number of amides is 1. The molecule has 3 aliphatic rings. The fourth-order valence-corrected chi connectivity index (χ4v) is 7.03. The van der Waals surface area contributed by atoms with E-state index in [-0.39, 0.29) is 18.9 Å². The molecular weight excluding hydrogens is 611 g/mol. The first-order chi connectivity index (χ1) is 21.4. The Morgan fingerprint density at radius 3 is 2.38 bits per heavy atom. The summed E-state index contributed by atoms with van der Waals surface area (Å²) < 4.78 is 66.0. The quantitative estimate of drug-likeness (QED) is 0.319. The van der Waals surface area contributed by atoms with Crippen LogP contribution in [0, 0.1) is 5.41 Å². The van der Waals surface area contributed by atoms with Crippen LogP contribution in [0.4, 0.5) is 36.2 Å². The number of rotatable bonds is 9. The average molecular weight is 648 g/mol. The predicted molar refractivity (Wildman–Crippen MR) is 166 cm³/mol. The van der Waals surface area contributed by atoms with Gasteiger partial charge in [-0.25, -0.2) is 13.4 Å². The van der Waals surface area contributed by atoms with Crippen LogP contribution < -0.4 is 19.8 Å². The van der Waals surface area contributed by atoms with Gasteiger partial charge in [0.1, 0.15) is 11.3 Å². The number of aromatic nitrogens is 2. The third-order valence-corrected chi connectivity index (χ3v) is 10.1. The van der Waals surface area contributed by atoms with Crippen molar-refractivity contribution in [2.45, 2.75) is 31.9 Å². The molecule has 1 saturated carbocycles. The zero-order valence-electron chi connectivity index (χ0n) is 24.7. The highest BCUT2D eigenvalue weighted by molar-refractivity contribution is 7.92.